The molecule has 14 nitrogen and oxygen atoms in total. The van der Waals surface area contributed by atoms with Crippen molar-refractivity contribution in [1.82, 2.24) is 20.4 Å². The fourth-order valence-electron chi connectivity index (χ4n) is 12.6. The highest BCUT2D eigenvalue weighted by molar-refractivity contribution is 5.88. The number of rotatable bonds is 22. The van der Waals surface area contributed by atoms with Crippen molar-refractivity contribution in [2.75, 3.05) is 36.8 Å². The van der Waals surface area contributed by atoms with E-state index in [2.05, 4.69) is 100 Å². The van der Waals surface area contributed by atoms with Crippen molar-refractivity contribution in [3.63, 3.8) is 0 Å². The average Bonchev–Trinajstić information content (AvgIpc) is 3.22. The molecule has 2 aromatic carbocycles. The quantitative estimate of drug-likeness (QED) is 0.0658. The van der Waals surface area contributed by atoms with Crippen LogP contribution in [0.25, 0.3) is 0 Å². The highest BCUT2D eigenvalue weighted by Gasteiger charge is 2.64. The van der Waals surface area contributed by atoms with Crippen LogP contribution in [0.5, 0.6) is 0 Å². The molecule has 6 N–H and O–H groups in total. The highest BCUT2D eigenvalue weighted by atomic mass is 16.6. The van der Waals surface area contributed by atoms with Crippen molar-refractivity contribution in [1.29, 1.82) is 0 Å². The molecule has 5 rings (SSSR count). The van der Waals surface area contributed by atoms with Crippen LogP contribution in [0.1, 0.15) is 159 Å². The Bertz CT molecular complexity index is 1790. The lowest BCUT2D eigenvalue weighted by molar-refractivity contribution is -0.188. The van der Waals surface area contributed by atoms with Crippen molar-refractivity contribution < 1.29 is 38.9 Å². The molecule has 1 saturated carbocycles. The van der Waals surface area contributed by atoms with Gasteiger partial charge in [-0.25, -0.2) is 9.59 Å². The Morgan fingerprint density at radius 1 is 0.588 bits per heavy atom. The van der Waals surface area contributed by atoms with Gasteiger partial charge in [-0.1, -0.05) is 75.9 Å². The summed E-state index contributed by atoms with van der Waals surface area (Å²) >= 11 is 0. The van der Waals surface area contributed by atoms with Crippen LogP contribution in [0.2, 0.25) is 0 Å². The van der Waals surface area contributed by atoms with Gasteiger partial charge in [0.05, 0.1) is 10.8 Å². The zero-order chi connectivity index (χ0) is 50.0. The van der Waals surface area contributed by atoms with Gasteiger partial charge in [0.25, 0.3) is 0 Å². The van der Waals surface area contributed by atoms with Gasteiger partial charge < -0.3 is 30.3 Å². The van der Waals surface area contributed by atoms with Crippen molar-refractivity contribution in [3.8, 4) is 0 Å². The molecule has 0 radical (unpaired) electrons. The lowest BCUT2D eigenvalue weighted by Gasteiger charge is -2.52. The van der Waals surface area contributed by atoms with E-state index in [-0.39, 0.29) is 73.0 Å². The maximum absolute atomic E-state index is 14.5. The number of hydrogen-bond donors (Lipinski definition) is 6. The number of unbranched alkanes of at least 4 members (excludes halogenated alkanes) is 2. The number of anilines is 2. The van der Waals surface area contributed by atoms with Crippen LogP contribution in [0, 0.1) is 10.8 Å². The monoisotopic (exact) mass is 947 g/mol. The van der Waals surface area contributed by atoms with Crippen LogP contribution < -0.4 is 21.3 Å². The van der Waals surface area contributed by atoms with Crippen LogP contribution in [-0.4, -0.2) is 117 Å². The summed E-state index contributed by atoms with van der Waals surface area (Å²) < 4.78 is 12.8. The number of benzene rings is 2. The zero-order valence-corrected chi connectivity index (χ0v) is 43.0. The number of ether oxygens (including phenoxy) is 2. The molecule has 2 heterocycles. The number of carbonyl (C=O) groups is 4. The second kappa shape index (κ2) is 23.1. The Morgan fingerprint density at radius 2 is 0.912 bits per heavy atom. The minimum Gasteiger partial charge on any atom is -0.481 e. The van der Waals surface area contributed by atoms with Crippen LogP contribution in [0.4, 0.5) is 21.0 Å². The number of aliphatic carboxylic acids is 2. The lowest BCUT2D eigenvalue weighted by Crippen LogP contribution is -2.63. The molecule has 2 saturated heterocycles. The zero-order valence-electron chi connectivity index (χ0n) is 43.0. The summed E-state index contributed by atoms with van der Waals surface area (Å²) in [7, 11) is 0. The molecule has 2 amide bonds. The molecule has 4 atom stereocenters. The molecule has 3 fully saturated rings. The fraction of sp³-hybridized carbons (Fsp3) is 0.704. The Morgan fingerprint density at radius 3 is 1.21 bits per heavy atom. The molecule has 1 aliphatic carbocycles. The number of piperidine rings is 2. The van der Waals surface area contributed by atoms with Crippen LogP contribution in [0.3, 0.4) is 0 Å². The first kappa shape index (κ1) is 54.7. The number of para-hydroxylation sites is 2. The lowest BCUT2D eigenvalue weighted by atomic mass is 9.52. The van der Waals surface area contributed by atoms with Crippen molar-refractivity contribution in [3.05, 3.63) is 60.7 Å². The Balaban J connectivity index is 1.60. The fourth-order valence-corrected chi connectivity index (χ4v) is 12.6. The van der Waals surface area contributed by atoms with Gasteiger partial charge in [0.1, 0.15) is 12.2 Å². The predicted molar refractivity (Wildman–Crippen MR) is 270 cm³/mol. The van der Waals surface area contributed by atoms with E-state index in [1.807, 2.05) is 12.1 Å². The number of nitrogens with zero attached hydrogens (tertiary/aromatic N) is 2. The van der Waals surface area contributed by atoms with E-state index in [1.165, 1.54) is 0 Å². The highest BCUT2D eigenvalue weighted by Crippen LogP contribution is 2.57. The molecule has 0 aromatic heterocycles. The number of hydrogen-bond acceptors (Lipinski definition) is 10. The first-order valence-corrected chi connectivity index (χ1v) is 25.5. The van der Waals surface area contributed by atoms with Gasteiger partial charge in [0.2, 0.25) is 0 Å². The standard InChI is InChI=1S/C54H86N6O8/c1-11-13-29-59(41-31-49(3,4)57-50(5,6)32-41)37-43(67-47(65)55-39-23-17-15-18-24-39)35-53(45(61)62)27-21-22-28-54(53,46(63)64)36-44(68-48(66)56-40-25-19-16-20-26-40)38-60(30-14-12-2)42-33-51(7,8)58-52(9,10)34-42/h15-20,23-26,41-44,57-58H,11-14,21-22,27-38H2,1-10H3,(H,55,65)(H,56,66)(H,61,62)(H,63,64). The minimum atomic E-state index is -1.90. The third kappa shape index (κ3) is 14.9. The normalized spacial score (nSPS) is 24.4. The molecular weight excluding hydrogens is 861 g/mol. The summed E-state index contributed by atoms with van der Waals surface area (Å²) in [4.78, 5) is 61.6. The second-order valence-corrected chi connectivity index (χ2v) is 23.0. The second-order valence-electron chi connectivity index (χ2n) is 23.0. The molecular formula is C54H86N6O8. The van der Waals surface area contributed by atoms with Crippen LogP contribution in [0.15, 0.2) is 60.7 Å². The summed E-state index contributed by atoms with van der Waals surface area (Å²) in [6.45, 7) is 23.6. The van der Waals surface area contributed by atoms with E-state index < -0.39 is 47.2 Å². The van der Waals surface area contributed by atoms with Crippen molar-refractivity contribution in [2.24, 2.45) is 10.8 Å². The molecule has 0 bridgehead atoms. The van der Waals surface area contributed by atoms with E-state index in [1.54, 1.807) is 48.5 Å². The molecule has 380 valence electrons. The Kier molecular flexibility index (Phi) is 18.6. The number of nitrogens with one attached hydrogen (secondary N) is 4. The maximum atomic E-state index is 14.5. The average molecular weight is 947 g/mol. The van der Waals surface area contributed by atoms with Gasteiger partial charge in [0.15, 0.2) is 0 Å². The molecule has 68 heavy (non-hydrogen) atoms. The largest absolute Gasteiger partial charge is 0.481 e. The molecule has 2 aliphatic heterocycles. The first-order valence-electron chi connectivity index (χ1n) is 25.5. The summed E-state index contributed by atoms with van der Waals surface area (Å²) in [5, 5.41) is 36.8. The van der Waals surface area contributed by atoms with E-state index in [0.717, 1.165) is 51.4 Å². The molecule has 0 spiro atoms. The van der Waals surface area contributed by atoms with Gasteiger partial charge in [-0.3, -0.25) is 30.0 Å². The number of amides is 2. The molecule has 2 aromatic rings. The number of carbonyl (C=O) groups excluding carboxylic acids is 2. The third-order valence-corrected chi connectivity index (χ3v) is 14.8. The van der Waals surface area contributed by atoms with E-state index in [4.69, 9.17) is 9.47 Å². The van der Waals surface area contributed by atoms with E-state index in [0.29, 0.717) is 37.3 Å². The van der Waals surface area contributed by atoms with Gasteiger partial charge in [-0.15, -0.1) is 0 Å². The third-order valence-electron chi connectivity index (χ3n) is 14.8. The Labute approximate surface area is 407 Å². The van der Waals surface area contributed by atoms with E-state index >= 15 is 0 Å². The number of carboxylic acids is 2. The van der Waals surface area contributed by atoms with Crippen LogP contribution in [-0.2, 0) is 19.1 Å². The minimum absolute atomic E-state index is 0.0519. The SMILES string of the molecule is CCCCN(CC(CC1(C(=O)O)CCCCC1(CC(CN(CCCC)C1CC(C)(C)NC(C)(C)C1)OC(=O)Nc1ccccc1)C(=O)O)OC(=O)Nc1ccccc1)C1CC(C)(C)NC(C)(C)C1. The van der Waals surface area contributed by atoms with Crippen LogP contribution >= 0.6 is 0 Å². The molecule has 3 aliphatic rings. The summed E-state index contributed by atoms with van der Waals surface area (Å²) in [6, 6.07) is 18.1. The molecule has 4 unspecified atom stereocenters. The van der Waals surface area contributed by atoms with E-state index in [9.17, 15) is 29.4 Å². The maximum Gasteiger partial charge on any atom is 0.411 e. The molecule has 14 heteroatoms. The van der Waals surface area contributed by atoms with Gasteiger partial charge in [0, 0.05) is 71.5 Å². The topological polar surface area (TPSA) is 182 Å². The Hall–Kier alpha value is -4.24. The van der Waals surface area contributed by atoms with Gasteiger partial charge in [-0.2, -0.15) is 0 Å². The summed E-state index contributed by atoms with van der Waals surface area (Å²) in [5.74, 6) is -2.50. The van der Waals surface area contributed by atoms with Gasteiger partial charge in [-0.05, 0) is 144 Å². The predicted octanol–water partition coefficient (Wildman–Crippen LogP) is 10.5. The smallest absolute Gasteiger partial charge is 0.411 e. The summed E-state index contributed by atoms with van der Waals surface area (Å²) in [5.41, 5.74) is -3.56. The van der Waals surface area contributed by atoms with Crippen molar-refractivity contribution in [2.45, 2.75) is 206 Å². The van der Waals surface area contributed by atoms with Crippen molar-refractivity contribution >= 4 is 35.5 Å². The number of carboxylic acid groups (broad SMARTS) is 2. The first-order chi connectivity index (χ1) is 31.9. The summed E-state index contributed by atoms with van der Waals surface area (Å²) in [6.07, 6.45) is 3.95. The van der Waals surface area contributed by atoms with Gasteiger partial charge >= 0.3 is 24.1 Å².